The summed E-state index contributed by atoms with van der Waals surface area (Å²) in [7, 11) is 0. The summed E-state index contributed by atoms with van der Waals surface area (Å²) in [6.45, 7) is 0. The van der Waals surface area contributed by atoms with Gasteiger partial charge in [0.05, 0.1) is 11.7 Å². The molecule has 1 saturated carbocycles. The van der Waals surface area contributed by atoms with Crippen molar-refractivity contribution in [3.8, 4) is 0 Å². The molecule has 1 heterocycles. The monoisotopic (exact) mass is 341 g/mol. The van der Waals surface area contributed by atoms with Gasteiger partial charge >= 0.3 is 0 Å². The second kappa shape index (κ2) is 5.19. The predicted molar refractivity (Wildman–Crippen MR) is 89.6 cm³/mol. The van der Waals surface area contributed by atoms with Crippen LogP contribution in [-0.2, 0) is 0 Å². The van der Waals surface area contributed by atoms with E-state index in [9.17, 15) is 0 Å². The minimum absolute atomic E-state index is 0.544. The van der Waals surface area contributed by atoms with Crippen LogP contribution in [0, 0.1) is 0 Å². The molecule has 2 N–H and O–H groups in total. The number of rotatable bonds is 3. The fourth-order valence-electron chi connectivity index (χ4n) is 3.11. The van der Waals surface area contributed by atoms with Crippen molar-refractivity contribution in [1.29, 1.82) is 0 Å². The van der Waals surface area contributed by atoms with Gasteiger partial charge in [0.2, 0.25) is 0 Å². The molecule has 0 spiro atoms. The number of halogens is 1. The lowest BCUT2D eigenvalue weighted by Gasteiger charge is -2.37. The molecule has 1 aliphatic carbocycles. The van der Waals surface area contributed by atoms with Crippen LogP contribution in [0.3, 0.4) is 0 Å². The number of aromatic nitrogens is 2. The molecule has 4 rings (SSSR count). The Labute approximate surface area is 131 Å². The van der Waals surface area contributed by atoms with E-state index in [4.69, 9.17) is 0 Å². The number of benzene rings is 2. The molecular formula is C17H16BrN3. The summed E-state index contributed by atoms with van der Waals surface area (Å²) in [5, 5.41) is 12.0. The first-order valence-corrected chi connectivity index (χ1v) is 8.03. The van der Waals surface area contributed by atoms with Crippen molar-refractivity contribution >= 4 is 32.5 Å². The fourth-order valence-corrected chi connectivity index (χ4v) is 3.72. The number of anilines is 1. The summed E-state index contributed by atoms with van der Waals surface area (Å²) >= 11 is 3.65. The third-order valence-electron chi connectivity index (χ3n) is 4.33. The summed E-state index contributed by atoms with van der Waals surface area (Å²) in [6, 6.07) is 15.3. The summed E-state index contributed by atoms with van der Waals surface area (Å²) < 4.78 is 1.23. The Morgan fingerprint density at radius 3 is 2.81 bits per heavy atom. The summed E-state index contributed by atoms with van der Waals surface area (Å²) in [5.74, 6) is 0.654. The van der Waals surface area contributed by atoms with Crippen LogP contribution in [0.2, 0.25) is 0 Å². The predicted octanol–water partition coefficient (Wildman–Crippen LogP) is 4.68. The minimum Gasteiger partial charge on any atom is -0.382 e. The van der Waals surface area contributed by atoms with Crippen LogP contribution in [0.1, 0.15) is 24.3 Å². The molecule has 4 heteroatoms. The number of H-pyrrole nitrogens is 1. The van der Waals surface area contributed by atoms with Gasteiger partial charge in [-0.25, -0.2) is 0 Å². The van der Waals surface area contributed by atoms with Gasteiger partial charge in [-0.1, -0.05) is 40.2 Å². The summed E-state index contributed by atoms with van der Waals surface area (Å²) in [6.07, 6.45) is 4.25. The maximum atomic E-state index is 4.12. The molecule has 0 aliphatic heterocycles. The van der Waals surface area contributed by atoms with Gasteiger partial charge in [0, 0.05) is 21.6 Å². The number of aromatic amines is 1. The highest BCUT2D eigenvalue weighted by Gasteiger charge is 2.31. The summed E-state index contributed by atoms with van der Waals surface area (Å²) in [5.41, 5.74) is 3.69. The molecule has 106 valence electrons. The van der Waals surface area contributed by atoms with Crippen LogP contribution >= 0.6 is 15.9 Å². The van der Waals surface area contributed by atoms with Crippen LogP contribution in [-0.4, -0.2) is 16.2 Å². The SMILES string of the molecule is Brc1ccccc1C1CC(Nc2cccc3[nH]ncc23)C1. The Balaban J connectivity index is 1.47. The Kier molecular flexibility index (Phi) is 3.19. The first-order chi connectivity index (χ1) is 10.3. The van der Waals surface area contributed by atoms with E-state index >= 15 is 0 Å². The second-order valence-electron chi connectivity index (χ2n) is 5.67. The highest BCUT2D eigenvalue weighted by Crippen LogP contribution is 2.41. The van der Waals surface area contributed by atoms with E-state index in [1.165, 1.54) is 34.0 Å². The molecule has 3 nitrogen and oxygen atoms in total. The molecule has 2 aromatic carbocycles. The molecule has 0 unspecified atom stereocenters. The molecule has 0 amide bonds. The first-order valence-electron chi connectivity index (χ1n) is 7.24. The van der Waals surface area contributed by atoms with E-state index in [1.54, 1.807) is 0 Å². The minimum atomic E-state index is 0.544. The van der Waals surface area contributed by atoms with Gasteiger partial charge < -0.3 is 5.32 Å². The van der Waals surface area contributed by atoms with E-state index in [-0.39, 0.29) is 0 Å². The standard InChI is InChI=1S/C17H16BrN3/c18-15-5-2-1-4-13(15)11-8-12(9-11)20-16-6-3-7-17-14(16)10-19-21-17/h1-7,10-12,20H,8-9H2,(H,19,21). The van der Waals surface area contributed by atoms with E-state index in [0.29, 0.717) is 12.0 Å². The Morgan fingerprint density at radius 1 is 1.10 bits per heavy atom. The fraction of sp³-hybridized carbons (Fsp3) is 0.235. The Bertz CT molecular complexity index is 774. The van der Waals surface area contributed by atoms with Crippen molar-refractivity contribution in [2.24, 2.45) is 0 Å². The average molecular weight is 342 g/mol. The smallest absolute Gasteiger partial charge is 0.0671 e. The zero-order valence-electron chi connectivity index (χ0n) is 11.5. The van der Waals surface area contributed by atoms with Gasteiger partial charge in [-0.2, -0.15) is 5.10 Å². The van der Waals surface area contributed by atoms with Crippen molar-refractivity contribution in [3.63, 3.8) is 0 Å². The number of hydrogen-bond donors (Lipinski definition) is 2. The molecule has 1 aromatic heterocycles. The van der Waals surface area contributed by atoms with Crippen LogP contribution in [0.15, 0.2) is 53.1 Å². The third kappa shape index (κ3) is 2.33. The molecule has 0 atom stereocenters. The van der Waals surface area contributed by atoms with Crippen molar-refractivity contribution in [2.75, 3.05) is 5.32 Å². The zero-order valence-corrected chi connectivity index (χ0v) is 13.1. The average Bonchev–Trinajstić information content (AvgIpc) is 2.93. The molecule has 3 aromatic rings. The van der Waals surface area contributed by atoms with Gasteiger partial charge in [-0.05, 0) is 42.5 Å². The van der Waals surface area contributed by atoms with Crippen LogP contribution < -0.4 is 5.32 Å². The quantitative estimate of drug-likeness (QED) is 0.725. The molecule has 1 aliphatic rings. The molecule has 1 fully saturated rings. The summed E-state index contributed by atoms with van der Waals surface area (Å²) in [4.78, 5) is 0. The highest BCUT2D eigenvalue weighted by molar-refractivity contribution is 9.10. The van der Waals surface area contributed by atoms with Crippen LogP contribution in [0.25, 0.3) is 10.9 Å². The van der Waals surface area contributed by atoms with Crippen molar-refractivity contribution in [1.82, 2.24) is 10.2 Å². The molecule has 21 heavy (non-hydrogen) atoms. The van der Waals surface area contributed by atoms with Crippen LogP contribution in [0.4, 0.5) is 5.69 Å². The highest BCUT2D eigenvalue weighted by atomic mass is 79.9. The maximum Gasteiger partial charge on any atom is 0.0671 e. The van der Waals surface area contributed by atoms with E-state index in [2.05, 4.69) is 73.9 Å². The molecule has 0 bridgehead atoms. The Hall–Kier alpha value is -1.81. The van der Waals surface area contributed by atoms with E-state index < -0.39 is 0 Å². The van der Waals surface area contributed by atoms with Crippen LogP contribution in [0.5, 0.6) is 0 Å². The van der Waals surface area contributed by atoms with Crippen molar-refractivity contribution < 1.29 is 0 Å². The van der Waals surface area contributed by atoms with Gasteiger partial charge in [-0.3, -0.25) is 5.10 Å². The van der Waals surface area contributed by atoms with Crippen molar-refractivity contribution in [2.45, 2.75) is 24.8 Å². The Morgan fingerprint density at radius 2 is 1.95 bits per heavy atom. The largest absolute Gasteiger partial charge is 0.382 e. The van der Waals surface area contributed by atoms with Crippen molar-refractivity contribution in [3.05, 3.63) is 58.7 Å². The van der Waals surface area contributed by atoms with E-state index in [1.807, 2.05) is 6.20 Å². The number of nitrogens with one attached hydrogen (secondary N) is 2. The number of nitrogens with zero attached hydrogens (tertiary/aromatic N) is 1. The van der Waals surface area contributed by atoms with Gasteiger partial charge in [0.1, 0.15) is 0 Å². The first kappa shape index (κ1) is 12.9. The number of hydrogen-bond acceptors (Lipinski definition) is 2. The van der Waals surface area contributed by atoms with Gasteiger partial charge in [0.15, 0.2) is 0 Å². The molecule has 0 saturated heterocycles. The lowest BCUT2D eigenvalue weighted by Crippen LogP contribution is -2.34. The molecule has 0 radical (unpaired) electrons. The zero-order chi connectivity index (χ0) is 14.2. The maximum absolute atomic E-state index is 4.12. The topological polar surface area (TPSA) is 40.7 Å². The molecular weight excluding hydrogens is 326 g/mol. The second-order valence-corrected chi connectivity index (χ2v) is 6.52. The lowest BCUT2D eigenvalue weighted by molar-refractivity contribution is 0.373. The lowest BCUT2D eigenvalue weighted by atomic mass is 9.76. The van der Waals surface area contributed by atoms with Gasteiger partial charge in [-0.15, -0.1) is 0 Å². The normalized spacial score (nSPS) is 21.2. The number of fused-ring (bicyclic) bond motifs is 1. The van der Waals surface area contributed by atoms with E-state index in [0.717, 1.165) is 5.52 Å². The third-order valence-corrected chi connectivity index (χ3v) is 5.05. The van der Waals surface area contributed by atoms with Gasteiger partial charge in [0.25, 0.3) is 0 Å².